The van der Waals surface area contributed by atoms with Crippen molar-refractivity contribution in [2.75, 3.05) is 6.54 Å². The van der Waals surface area contributed by atoms with Gasteiger partial charge in [-0.25, -0.2) is 4.39 Å². The van der Waals surface area contributed by atoms with E-state index < -0.39 is 0 Å². The minimum atomic E-state index is -0.298. The normalized spacial score (nSPS) is 25.2. The first-order valence-corrected chi connectivity index (χ1v) is 7.28. The van der Waals surface area contributed by atoms with Crippen molar-refractivity contribution < 1.29 is 9.50 Å². The molecule has 0 aromatic heterocycles. The van der Waals surface area contributed by atoms with Crippen LogP contribution in [-0.4, -0.2) is 11.7 Å². The predicted octanol–water partition coefficient (Wildman–Crippen LogP) is 4.01. The van der Waals surface area contributed by atoms with E-state index in [1.807, 2.05) is 6.92 Å². The molecule has 0 spiro atoms. The molecular formula is C16H24FNO. The fourth-order valence-corrected chi connectivity index (χ4v) is 3.07. The Bertz CT molecular complexity index is 421. The summed E-state index contributed by atoms with van der Waals surface area (Å²) < 4.78 is 13.2. The van der Waals surface area contributed by atoms with Crippen LogP contribution in [0.4, 0.5) is 4.39 Å². The number of halogens is 1. The van der Waals surface area contributed by atoms with Gasteiger partial charge in [-0.15, -0.1) is 0 Å². The van der Waals surface area contributed by atoms with Crippen molar-refractivity contribution in [3.05, 3.63) is 29.6 Å². The summed E-state index contributed by atoms with van der Waals surface area (Å²) in [6, 6.07) is 4.10. The Kier molecular flexibility index (Phi) is 4.81. The van der Waals surface area contributed by atoms with E-state index in [1.54, 1.807) is 0 Å². The summed E-state index contributed by atoms with van der Waals surface area (Å²) in [5, 5.41) is 13.2. The van der Waals surface area contributed by atoms with E-state index in [-0.39, 0.29) is 17.6 Å². The maximum atomic E-state index is 13.2. The molecule has 19 heavy (non-hydrogen) atoms. The fraction of sp³-hybridized carbons (Fsp3) is 0.625. The Balaban J connectivity index is 1.90. The number of nitrogens with one attached hydrogen (secondary N) is 1. The number of rotatable bonds is 4. The highest BCUT2D eigenvalue weighted by Crippen LogP contribution is 2.29. The van der Waals surface area contributed by atoms with Crippen molar-refractivity contribution in [2.24, 2.45) is 11.8 Å². The van der Waals surface area contributed by atoms with Crippen molar-refractivity contribution in [1.29, 1.82) is 0 Å². The summed E-state index contributed by atoms with van der Waals surface area (Å²) in [5.41, 5.74) is 0.642. The van der Waals surface area contributed by atoms with Gasteiger partial charge in [-0.2, -0.15) is 0 Å². The van der Waals surface area contributed by atoms with Crippen LogP contribution in [0.1, 0.15) is 51.1 Å². The largest absolute Gasteiger partial charge is 0.508 e. The molecule has 106 valence electrons. The lowest BCUT2D eigenvalue weighted by Crippen LogP contribution is -2.28. The summed E-state index contributed by atoms with van der Waals surface area (Å²) >= 11 is 0. The SMILES string of the molecule is CC1CCCC(CNC(C)c2cc(F)ccc2O)C1. The standard InChI is InChI=1S/C16H24FNO/c1-11-4-3-5-13(8-11)10-18-12(2)15-9-14(17)6-7-16(15)19/h6-7,9,11-13,18-19H,3-5,8,10H2,1-2H3. The lowest BCUT2D eigenvalue weighted by atomic mass is 9.82. The second-order valence-electron chi connectivity index (χ2n) is 5.97. The molecule has 0 saturated heterocycles. The molecule has 1 fully saturated rings. The molecular weight excluding hydrogens is 241 g/mol. The molecule has 1 aromatic rings. The molecule has 2 N–H and O–H groups in total. The van der Waals surface area contributed by atoms with Gasteiger partial charge in [0.05, 0.1) is 0 Å². The van der Waals surface area contributed by atoms with E-state index >= 15 is 0 Å². The third-order valence-corrected chi connectivity index (χ3v) is 4.21. The topological polar surface area (TPSA) is 32.3 Å². The molecule has 3 heteroatoms. The lowest BCUT2D eigenvalue weighted by molar-refractivity contribution is 0.268. The van der Waals surface area contributed by atoms with E-state index in [1.165, 1.54) is 43.9 Å². The van der Waals surface area contributed by atoms with Crippen molar-refractivity contribution in [2.45, 2.75) is 45.6 Å². The third-order valence-electron chi connectivity index (χ3n) is 4.21. The van der Waals surface area contributed by atoms with Crippen molar-refractivity contribution in [1.82, 2.24) is 5.32 Å². The fourth-order valence-electron chi connectivity index (χ4n) is 3.07. The number of hydrogen-bond donors (Lipinski definition) is 2. The van der Waals surface area contributed by atoms with Crippen molar-refractivity contribution in [3.8, 4) is 5.75 Å². The van der Waals surface area contributed by atoms with Gasteiger partial charge in [0.25, 0.3) is 0 Å². The molecule has 2 nitrogen and oxygen atoms in total. The molecule has 2 rings (SSSR count). The van der Waals surface area contributed by atoms with Crippen LogP contribution in [0.25, 0.3) is 0 Å². The van der Waals surface area contributed by atoms with Crippen LogP contribution in [0.5, 0.6) is 5.75 Å². The first kappa shape index (κ1) is 14.3. The van der Waals surface area contributed by atoms with Crippen LogP contribution in [0.2, 0.25) is 0 Å². The molecule has 1 aliphatic rings. The first-order valence-electron chi connectivity index (χ1n) is 7.28. The molecule has 1 aromatic carbocycles. The zero-order chi connectivity index (χ0) is 13.8. The molecule has 3 atom stereocenters. The van der Waals surface area contributed by atoms with Gasteiger partial charge >= 0.3 is 0 Å². The van der Waals surface area contributed by atoms with Crippen LogP contribution in [-0.2, 0) is 0 Å². The van der Waals surface area contributed by atoms with E-state index in [0.717, 1.165) is 12.5 Å². The average molecular weight is 265 g/mol. The minimum Gasteiger partial charge on any atom is -0.508 e. The Hall–Kier alpha value is -1.09. The molecule has 0 radical (unpaired) electrons. The van der Waals surface area contributed by atoms with E-state index in [2.05, 4.69) is 12.2 Å². The van der Waals surface area contributed by atoms with Gasteiger partial charge < -0.3 is 10.4 Å². The van der Waals surface area contributed by atoms with E-state index in [9.17, 15) is 9.50 Å². The average Bonchev–Trinajstić information content (AvgIpc) is 2.39. The molecule has 0 heterocycles. The Labute approximate surface area is 115 Å². The summed E-state index contributed by atoms with van der Waals surface area (Å²) in [4.78, 5) is 0. The number of benzene rings is 1. The molecule has 0 aliphatic heterocycles. The zero-order valence-corrected chi connectivity index (χ0v) is 11.8. The van der Waals surface area contributed by atoms with Crippen LogP contribution >= 0.6 is 0 Å². The number of phenols is 1. The van der Waals surface area contributed by atoms with E-state index in [4.69, 9.17) is 0 Å². The zero-order valence-electron chi connectivity index (χ0n) is 11.8. The van der Waals surface area contributed by atoms with Gasteiger partial charge in [-0.3, -0.25) is 0 Å². The molecule has 1 aliphatic carbocycles. The number of hydrogen-bond acceptors (Lipinski definition) is 2. The minimum absolute atomic E-state index is 0.0204. The molecule has 1 saturated carbocycles. The van der Waals surface area contributed by atoms with Gasteiger partial charge in [0.15, 0.2) is 0 Å². The monoisotopic (exact) mass is 265 g/mol. The number of phenolic OH excluding ortho intramolecular Hbond substituents is 1. The summed E-state index contributed by atoms with van der Waals surface area (Å²) in [6.07, 6.45) is 5.21. The van der Waals surface area contributed by atoms with Gasteiger partial charge in [-0.05, 0) is 56.3 Å². The highest BCUT2D eigenvalue weighted by molar-refractivity contribution is 5.34. The van der Waals surface area contributed by atoms with Gasteiger partial charge in [0.1, 0.15) is 11.6 Å². The predicted molar refractivity (Wildman–Crippen MR) is 75.6 cm³/mol. The summed E-state index contributed by atoms with van der Waals surface area (Å²) in [5.74, 6) is 1.39. The smallest absolute Gasteiger partial charge is 0.123 e. The second kappa shape index (κ2) is 6.38. The number of aromatic hydroxyl groups is 1. The Morgan fingerprint density at radius 3 is 2.95 bits per heavy atom. The lowest BCUT2D eigenvalue weighted by Gasteiger charge is -2.28. The van der Waals surface area contributed by atoms with Crippen LogP contribution in [0, 0.1) is 17.7 Å². The molecule has 3 unspecified atom stereocenters. The Morgan fingerprint density at radius 2 is 2.21 bits per heavy atom. The van der Waals surface area contributed by atoms with Crippen molar-refractivity contribution in [3.63, 3.8) is 0 Å². The van der Waals surface area contributed by atoms with Crippen LogP contribution in [0.3, 0.4) is 0 Å². The van der Waals surface area contributed by atoms with Gasteiger partial charge in [0, 0.05) is 11.6 Å². The molecule has 0 amide bonds. The highest BCUT2D eigenvalue weighted by Gasteiger charge is 2.20. The Morgan fingerprint density at radius 1 is 1.42 bits per heavy atom. The third kappa shape index (κ3) is 3.93. The summed E-state index contributed by atoms with van der Waals surface area (Å²) in [6.45, 7) is 5.23. The summed E-state index contributed by atoms with van der Waals surface area (Å²) in [7, 11) is 0. The van der Waals surface area contributed by atoms with Crippen LogP contribution < -0.4 is 5.32 Å². The maximum Gasteiger partial charge on any atom is 0.123 e. The van der Waals surface area contributed by atoms with Crippen molar-refractivity contribution >= 4 is 0 Å². The first-order chi connectivity index (χ1) is 9.06. The molecule has 0 bridgehead atoms. The second-order valence-corrected chi connectivity index (χ2v) is 5.97. The van der Waals surface area contributed by atoms with E-state index in [0.29, 0.717) is 11.5 Å². The quantitative estimate of drug-likeness (QED) is 0.862. The maximum absolute atomic E-state index is 13.2. The van der Waals surface area contributed by atoms with Gasteiger partial charge in [-0.1, -0.05) is 19.8 Å². The van der Waals surface area contributed by atoms with Gasteiger partial charge in [0.2, 0.25) is 0 Å². The van der Waals surface area contributed by atoms with Crippen LogP contribution in [0.15, 0.2) is 18.2 Å². The highest BCUT2D eigenvalue weighted by atomic mass is 19.1.